The number of nitrogens with one attached hydrogen (secondary N) is 1. The number of rotatable bonds is 1. The molecule has 2 aliphatic rings. The fourth-order valence-corrected chi connectivity index (χ4v) is 4.27. The number of hydrogen-bond donors (Lipinski definition) is 2. The van der Waals surface area contributed by atoms with Crippen LogP contribution in [-0.2, 0) is 0 Å². The molecule has 2 nitrogen and oxygen atoms in total. The summed E-state index contributed by atoms with van der Waals surface area (Å²) in [6.07, 6.45) is 2.42. The first-order valence-electron chi connectivity index (χ1n) is 7.56. The van der Waals surface area contributed by atoms with Crippen molar-refractivity contribution in [3.8, 4) is 5.75 Å². The molecule has 108 valence electrons. The van der Waals surface area contributed by atoms with Crippen LogP contribution in [0.3, 0.4) is 0 Å². The van der Waals surface area contributed by atoms with E-state index in [4.69, 9.17) is 11.6 Å². The van der Waals surface area contributed by atoms with Crippen molar-refractivity contribution < 1.29 is 5.11 Å². The molecule has 2 aromatic rings. The van der Waals surface area contributed by atoms with E-state index in [0.29, 0.717) is 23.6 Å². The van der Waals surface area contributed by atoms with E-state index in [1.807, 2.05) is 18.2 Å². The van der Waals surface area contributed by atoms with Gasteiger partial charge in [-0.1, -0.05) is 29.8 Å². The van der Waals surface area contributed by atoms with Crippen LogP contribution in [0.2, 0.25) is 5.02 Å². The number of aromatic hydroxyl groups is 1. The summed E-state index contributed by atoms with van der Waals surface area (Å²) in [4.78, 5) is 0. The number of benzene rings is 2. The van der Waals surface area contributed by atoms with Gasteiger partial charge in [0.05, 0.1) is 0 Å². The van der Waals surface area contributed by atoms with Crippen LogP contribution in [0, 0.1) is 5.92 Å². The second kappa shape index (κ2) is 5.04. The van der Waals surface area contributed by atoms with Gasteiger partial charge in [0.1, 0.15) is 5.75 Å². The van der Waals surface area contributed by atoms with E-state index in [9.17, 15) is 5.11 Å². The number of phenolic OH excluding ortho intramolecular Hbond substituents is 1. The minimum atomic E-state index is 0.343. The monoisotopic (exact) mass is 299 g/mol. The number of phenols is 1. The second-order valence-corrected chi connectivity index (χ2v) is 6.52. The maximum Gasteiger partial charge on any atom is 0.115 e. The van der Waals surface area contributed by atoms with Gasteiger partial charge in [-0.2, -0.15) is 0 Å². The highest BCUT2D eigenvalue weighted by molar-refractivity contribution is 6.30. The van der Waals surface area contributed by atoms with Crippen LogP contribution in [0.4, 0.5) is 0 Å². The molecule has 1 fully saturated rings. The van der Waals surface area contributed by atoms with Crippen molar-refractivity contribution in [1.29, 1.82) is 0 Å². The van der Waals surface area contributed by atoms with E-state index in [0.717, 1.165) is 11.6 Å². The lowest BCUT2D eigenvalue weighted by atomic mass is 9.80. The van der Waals surface area contributed by atoms with Crippen LogP contribution in [0.5, 0.6) is 5.75 Å². The first-order valence-corrected chi connectivity index (χ1v) is 7.93. The fraction of sp³-hybridized carbons (Fsp3) is 0.333. The highest BCUT2D eigenvalue weighted by Crippen LogP contribution is 2.52. The van der Waals surface area contributed by atoms with E-state index in [1.165, 1.54) is 29.5 Å². The standard InChI is InChI=1S/C18H18ClNO/c19-12-6-7-14-16(10-12)18-15(5-2-8-20-18)17(14)11-3-1-4-13(21)9-11/h1,3-4,6-7,9-10,15,17-18,20-21H,2,5,8H2. The molecule has 0 aromatic heterocycles. The molecule has 0 spiro atoms. The third kappa shape index (κ3) is 2.14. The first-order chi connectivity index (χ1) is 10.2. The fourth-order valence-electron chi connectivity index (χ4n) is 4.09. The summed E-state index contributed by atoms with van der Waals surface area (Å²) in [5, 5.41) is 14.3. The average Bonchev–Trinajstić information content (AvgIpc) is 2.81. The number of fused-ring (bicyclic) bond motifs is 3. The molecular formula is C18H18ClNO. The highest BCUT2D eigenvalue weighted by Gasteiger charge is 2.42. The predicted octanol–water partition coefficient (Wildman–Crippen LogP) is 4.23. The summed E-state index contributed by atoms with van der Waals surface area (Å²) in [6.45, 7) is 1.07. The molecule has 0 bridgehead atoms. The van der Waals surface area contributed by atoms with Crippen LogP contribution < -0.4 is 5.32 Å². The van der Waals surface area contributed by atoms with Crippen LogP contribution in [-0.4, -0.2) is 11.7 Å². The summed E-state index contributed by atoms with van der Waals surface area (Å²) in [6, 6.07) is 14.3. The smallest absolute Gasteiger partial charge is 0.115 e. The number of halogens is 1. The Morgan fingerprint density at radius 2 is 2.00 bits per heavy atom. The molecule has 0 saturated carbocycles. The molecule has 0 radical (unpaired) electrons. The SMILES string of the molecule is Oc1cccc(C2c3ccc(Cl)cc3C3NCCCC32)c1. The van der Waals surface area contributed by atoms with E-state index >= 15 is 0 Å². The Hall–Kier alpha value is -1.51. The van der Waals surface area contributed by atoms with Gasteiger partial charge < -0.3 is 10.4 Å². The molecule has 1 aliphatic heterocycles. The van der Waals surface area contributed by atoms with Crippen molar-refractivity contribution in [3.63, 3.8) is 0 Å². The molecular weight excluding hydrogens is 282 g/mol. The molecule has 1 heterocycles. The molecule has 1 saturated heterocycles. The third-order valence-electron chi connectivity index (χ3n) is 4.88. The lowest BCUT2D eigenvalue weighted by molar-refractivity contribution is 0.286. The molecule has 0 amide bonds. The normalized spacial score (nSPS) is 27.2. The van der Waals surface area contributed by atoms with Crippen LogP contribution >= 0.6 is 11.6 Å². The van der Waals surface area contributed by atoms with Crippen LogP contribution in [0.25, 0.3) is 0 Å². The number of hydrogen-bond acceptors (Lipinski definition) is 2. The zero-order valence-electron chi connectivity index (χ0n) is 11.7. The Morgan fingerprint density at radius 3 is 2.86 bits per heavy atom. The first kappa shape index (κ1) is 13.2. The van der Waals surface area contributed by atoms with Gasteiger partial charge in [0.25, 0.3) is 0 Å². The lowest BCUT2D eigenvalue weighted by Crippen LogP contribution is -2.32. The summed E-state index contributed by atoms with van der Waals surface area (Å²) >= 11 is 6.21. The molecule has 3 unspecified atom stereocenters. The van der Waals surface area contributed by atoms with Gasteiger partial charge >= 0.3 is 0 Å². The Bertz CT molecular complexity index is 685. The van der Waals surface area contributed by atoms with Crippen molar-refractivity contribution in [1.82, 2.24) is 5.32 Å². The Morgan fingerprint density at radius 1 is 1.10 bits per heavy atom. The zero-order valence-corrected chi connectivity index (χ0v) is 12.5. The van der Waals surface area contributed by atoms with Crippen molar-refractivity contribution >= 4 is 11.6 Å². The van der Waals surface area contributed by atoms with Gasteiger partial charge in [-0.15, -0.1) is 0 Å². The maximum atomic E-state index is 9.82. The van der Waals surface area contributed by atoms with Crippen LogP contribution in [0.1, 0.15) is 41.5 Å². The molecule has 4 rings (SSSR count). The van der Waals surface area contributed by atoms with Crippen molar-refractivity contribution in [2.75, 3.05) is 6.54 Å². The van der Waals surface area contributed by atoms with Crippen molar-refractivity contribution in [2.24, 2.45) is 5.92 Å². The summed E-state index contributed by atoms with van der Waals surface area (Å²) in [5.41, 5.74) is 3.89. The van der Waals surface area contributed by atoms with Gasteiger partial charge in [-0.25, -0.2) is 0 Å². The third-order valence-corrected chi connectivity index (χ3v) is 5.12. The average molecular weight is 300 g/mol. The molecule has 21 heavy (non-hydrogen) atoms. The predicted molar refractivity (Wildman–Crippen MR) is 84.9 cm³/mol. The van der Waals surface area contributed by atoms with E-state index in [1.54, 1.807) is 6.07 Å². The van der Waals surface area contributed by atoms with Crippen molar-refractivity contribution in [2.45, 2.75) is 24.8 Å². The van der Waals surface area contributed by atoms with Gasteiger partial charge in [-0.05, 0) is 66.3 Å². The summed E-state index contributed by atoms with van der Waals surface area (Å²) in [5.74, 6) is 1.24. The van der Waals surface area contributed by atoms with E-state index < -0.39 is 0 Å². The van der Waals surface area contributed by atoms with Gasteiger partial charge in [0, 0.05) is 17.0 Å². The van der Waals surface area contributed by atoms with E-state index in [-0.39, 0.29) is 0 Å². The topological polar surface area (TPSA) is 32.3 Å². The molecule has 2 N–H and O–H groups in total. The molecule has 3 atom stereocenters. The summed E-state index contributed by atoms with van der Waals surface area (Å²) < 4.78 is 0. The molecule has 2 aromatic carbocycles. The zero-order chi connectivity index (χ0) is 14.4. The second-order valence-electron chi connectivity index (χ2n) is 6.08. The highest BCUT2D eigenvalue weighted by atomic mass is 35.5. The Balaban J connectivity index is 1.86. The maximum absolute atomic E-state index is 9.82. The minimum Gasteiger partial charge on any atom is -0.508 e. The Kier molecular flexibility index (Phi) is 3.16. The largest absolute Gasteiger partial charge is 0.508 e. The van der Waals surface area contributed by atoms with Gasteiger partial charge in [-0.3, -0.25) is 0 Å². The van der Waals surface area contributed by atoms with Crippen molar-refractivity contribution in [3.05, 3.63) is 64.2 Å². The van der Waals surface area contributed by atoms with Gasteiger partial charge in [0.15, 0.2) is 0 Å². The van der Waals surface area contributed by atoms with E-state index in [2.05, 4.69) is 23.5 Å². The summed E-state index contributed by atoms with van der Waals surface area (Å²) in [7, 11) is 0. The molecule has 1 aliphatic carbocycles. The Labute approximate surface area is 129 Å². The van der Waals surface area contributed by atoms with Gasteiger partial charge in [0.2, 0.25) is 0 Å². The number of piperidine rings is 1. The van der Waals surface area contributed by atoms with Crippen LogP contribution in [0.15, 0.2) is 42.5 Å². The minimum absolute atomic E-state index is 0.343. The quantitative estimate of drug-likeness (QED) is 0.826. The lowest BCUT2D eigenvalue weighted by Gasteiger charge is -2.31. The molecule has 3 heteroatoms.